The lowest BCUT2D eigenvalue weighted by Crippen LogP contribution is -2.22. The van der Waals surface area contributed by atoms with Gasteiger partial charge in [-0.1, -0.05) is 39.0 Å². The van der Waals surface area contributed by atoms with Gasteiger partial charge in [0.25, 0.3) is 0 Å². The summed E-state index contributed by atoms with van der Waals surface area (Å²) in [5.41, 5.74) is 1.12. The summed E-state index contributed by atoms with van der Waals surface area (Å²) in [6, 6.07) is 6.49. The zero-order valence-electron chi connectivity index (χ0n) is 12.4. The zero-order valence-corrected chi connectivity index (χ0v) is 12.4. The maximum absolute atomic E-state index is 5.69. The lowest BCUT2D eigenvalue weighted by atomic mass is 10.2. The van der Waals surface area contributed by atoms with Gasteiger partial charge >= 0.3 is 0 Å². The summed E-state index contributed by atoms with van der Waals surface area (Å²) in [5, 5.41) is 3.34. The molecule has 19 heavy (non-hydrogen) atoms. The third-order valence-corrected chi connectivity index (χ3v) is 2.60. The van der Waals surface area contributed by atoms with Crippen LogP contribution >= 0.6 is 0 Å². The third-order valence-electron chi connectivity index (χ3n) is 2.60. The monoisotopic (exact) mass is 263 g/mol. The SMILES string of the molecule is CCCOc1cc(C=CCNC(C)C)ccc1OC. The molecule has 0 aromatic heterocycles. The average Bonchev–Trinajstić information content (AvgIpc) is 2.41. The van der Waals surface area contributed by atoms with Gasteiger partial charge in [-0.3, -0.25) is 0 Å². The summed E-state index contributed by atoms with van der Waals surface area (Å²) >= 11 is 0. The van der Waals surface area contributed by atoms with Crippen molar-refractivity contribution in [2.75, 3.05) is 20.3 Å². The van der Waals surface area contributed by atoms with Crippen LogP contribution in [0.1, 0.15) is 32.8 Å². The van der Waals surface area contributed by atoms with Crippen molar-refractivity contribution < 1.29 is 9.47 Å². The van der Waals surface area contributed by atoms with Crippen molar-refractivity contribution in [3.8, 4) is 11.5 Å². The van der Waals surface area contributed by atoms with Gasteiger partial charge in [-0.15, -0.1) is 0 Å². The van der Waals surface area contributed by atoms with Gasteiger partial charge in [-0.2, -0.15) is 0 Å². The molecule has 0 fully saturated rings. The van der Waals surface area contributed by atoms with Gasteiger partial charge in [0.1, 0.15) is 0 Å². The van der Waals surface area contributed by atoms with Gasteiger partial charge in [0.15, 0.2) is 11.5 Å². The fraction of sp³-hybridized carbons (Fsp3) is 0.500. The van der Waals surface area contributed by atoms with Crippen LogP contribution in [0.4, 0.5) is 0 Å². The minimum absolute atomic E-state index is 0.504. The predicted octanol–water partition coefficient (Wildman–Crippen LogP) is 3.50. The molecule has 0 amide bonds. The van der Waals surface area contributed by atoms with Crippen LogP contribution in [0.25, 0.3) is 6.08 Å². The molecule has 0 saturated carbocycles. The van der Waals surface area contributed by atoms with E-state index in [2.05, 4.69) is 38.2 Å². The van der Waals surface area contributed by atoms with Crippen LogP contribution in [0.3, 0.4) is 0 Å². The second kappa shape index (κ2) is 8.59. The molecule has 0 saturated heterocycles. The number of hydrogen-bond donors (Lipinski definition) is 1. The van der Waals surface area contributed by atoms with E-state index in [4.69, 9.17) is 9.47 Å². The Bertz CT molecular complexity index is 400. The molecular weight excluding hydrogens is 238 g/mol. The van der Waals surface area contributed by atoms with Crippen molar-refractivity contribution in [1.82, 2.24) is 5.32 Å². The second-order valence-corrected chi connectivity index (χ2v) is 4.72. The first kappa shape index (κ1) is 15.6. The Morgan fingerprint density at radius 1 is 1.26 bits per heavy atom. The molecule has 1 rings (SSSR count). The van der Waals surface area contributed by atoms with E-state index in [0.717, 1.165) is 30.0 Å². The number of rotatable bonds is 8. The van der Waals surface area contributed by atoms with Gasteiger partial charge in [0, 0.05) is 12.6 Å². The molecule has 0 spiro atoms. The van der Waals surface area contributed by atoms with Crippen molar-refractivity contribution in [3.05, 3.63) is 29.8 Å². The number of benzene rings is 1. The highest BCUT2D eigenvalue weighted by atomic mass is 16.5. The molecule has 1 aromatic rings. The molecular formula is C16H25NO2. The van der Waals surface area contributed by atoms with Gasteiger partial charge in [0.2, 0.25) is 0 Å². The quantitative estimate of drug-likeness (QED) is 0.778. The summed E-state index contributed by atoms with van der Waals surface area (Å²) < 4.78 is 11.0. The molecule has 0 unspecified atom stereocenters. The van der Waals surface area contributed by atoms with Crippen LogP contribution in [-0.4, -0.2) is 26.3 Å². The maximum Gasteiger partial charge on any atom is 0.161 e. The van der Waals surface area contributed by atoms with Crippen LogP contribution in [0.15, 0.2) is 24.3 Å². The van der Waals surface area contributed by atoms with E-state index in [1.165, 1.54) is 0 Å². The molecule has 3 nitrogen and oxygen atoms in total. The summed E-state index contributed by atoms with van der Waals surface area (Å²) in [6.45, 7) is 7.94. The first-order chi connectivity index (χ1) is 9.17. The second-order valence-electron chi connectivity index (χ2n) is 4.72. The van der Waals surface area contributed by atoms with E-state index in [9.17, 15) is 0 Å². The number of ether oxygens (including phenoxy) is 2. The summed E-state index contributed by atoms with van der Waals surface area (Å²) in [6.07, 6.45) is 5.20. The summed E-state index contributed by atoms with van der Waals surface area (Å²) in [4.78, 5) is 0. The van der Waals surface area contributed by atoms with Crippen molar-refractivity contribution in [1.29, 1.82) is 0 Å². The lowest BCUT2D eigenvalue weighted by molar-refractivity contribution is 0.294. The Balaban J connectivity index is 2.68. The molecule has 0 aliphatic rings. The molecule has 1 N–H and O–H groups in total. The normalized spacial score (nSPS) is 11.2. The minimum Gasteiger partial charge on any atom is -0.493 e. The number of hydrogen-bond acceptors (Lipinski definition) is 3. The molecule has 0 aliphatic carbocycles. The molecule has 0 aliphatic heterocycles. The molecule has 0 radical (unpaired) electrons. The van der Waals surface area contributed by atoms with E-state index >= 15 is 0 Å². The molecule has 1 aromatic carbocycles. The largest absolute Gasteiger partial charge is 0.493 e. The number of nitrogens with one attached hydrogen (secondary N) is 1. The van der Waals surface area contributed by atoms with E-state index < -0.39 is 0 Å². The molecule has 106 valence electrons. The Labute approximate surface area is 116 Å². The first-order valence-corrected chi connectivity index (χ1v) is 6.88. The smallest absolute Gasteiger partial charge is 0.161 e. The van der Waals surface area contributed by atoms with E-state index in [1.54, 1.807) is 7.11 Å². The van der Waals surface area contributed by atoms with Gasteiger partial charge in [-0.05, 0) is 24.1 Å². The average molecular weight is 263 g/mol. The Morgan fingerprint density at radius 3 is 2.68 bits per heavy atom. The van der Waals surface area contributed by atoms with E-state index in [0.29, 0.717) is 12.6 Å². The van der Waals surface area contributed by atoms with E-state index in [-0.39, 0.29) is 0 Å². The molecule has 0 bridgehead atoms. The van der Waals surface area contributed by atoms with Crippen LogP contribution in [-0.2, 0) is 0 Å². The topological polar surface area (TPSA) is 30.5 Å². The van der Waals surface area contributed by atoms with Gasteiger partial charge in [0.05, 0.1) is 13.7 Å². The van der Waals surface area contributed by atoms with Crippen LogP contribution < -0.4 is 14.8 Å². The highest BCUT2D eigenvalue weighted by molar-refractivity contribution is 5.56. The molecule has 0 heterocycles. The molecule has 0 atom stereocenters. The predicted molar refractivity (Wildman–Crippen MR) is 81.0 cm³/mol. The molecule has 3 heteroatoms. The van der Waals surface area contributed by atoms with Gasteiger partial charge in [-0.25, -0.2) is 0 Å². The Kier molecular flexibility index (Phi) is 7.04. The minimum atomic E-state index is 0.504. The maximum atomic E-state index is 5.69. The van der Waals surface area contributed by atoms with Crippen LogP contribution in [0.2, 0.25) is 0 Å². The Hall–Kier alpha value is -1.48. The standard InChI is InChI=1S/C16H25NO2/c1-5-11-19-16-12-14(8-9-15(16)18-4)7-6-10-17-13(2)3/h6-9,12-13,17H,5,10-11H2,1-4H3. The lowest BCUT2D eigenvalue weighted by Gasteiger charge is -2.10. The zero-order chi connectivity index (χ0) is 14.1. The van der Waals surface area contributed by atoms with Crippen molar-refractivity contribution >= 4 is 6.08 Å². The fourth-order valence-electron chi connectivity index (χ4n) is 1.62. The van der Waals surface area contributed by atoms with Crippen LogP contribution in [0.5, 0.6) is 11.5 Å². The van der Waals surface area contributed by atoms with Crippen molar-refractivity contribution in [3.63, 3.8) is 0 Å². The van der Waals surface area contributed by atoms with E-state index in [1.807, 2.05) is 18.2 Å². The summed E-state index contributed by atoms with van der Waals surface area (Å²) in [5.74, 6) is 1.59. The van der Waals surface area contributed by atoms with Gasteiger partial charge < -0.3 is 14.8 Å². The van der Waals surface area contributed by atoms with Crippen molar-refractivity contribution in [2.45, 2.75) is 33.2 Å². The highest BCUT2D eigenvalue weighted by Crippen LogP contribution is 2.28. The summed E-state index contributed by atoms with van der Waals surface area (Å²) in [7, 11) is 1.66. The highest BCUT2D eigenvalue weighted by Gasteiger charge is 2.04. The Morgan fingerprint density at radius 2 is 2.05 bits per heavy atom. The third kappa shape index (κ3) is 5.79. The first-order valence-electron chi connectivity index (χ1n) is 6.88. The number of methoxy groups -OCH3 is 1. The van der Waals surface area contributed by atoms with Crippen LogP contribution in [0, 0.1) is 0 Å². The van der Waals surface area contributed by atoms with Crippen molar-refractivity contribution in [2.24, 2.45) is 0 Å². The fourth-order valence-corrected chi connectivity index (χ4v) is 1.62.